The quantitative estimate of drug-likeness (QED) is 0.0869. The van der Waals surface area contributed by atoms with E-state index in [1.54, 1.807) is 11.1 Å². The van der Waals surface area contributed by atoms with E-state index in [-0.39, 0.29) is 0 Å². The SMILES string of the molecule is FC(F)(F)C(F)(F)C(F)(F)C(F)(F)C(F)(F)C(F)(F)C(F)(F)C(F)(F)C(F)(F)C(F)(F)[Si](Cl)(Cl)Cl.c1ccc2c(c1)ccc1c3c(ccc12)CCCC3. The highest BCUT2D eigenvalue weighted by Gasteiger charge is 2.98. The van der Waals surface area contributed by atoms with Crippen molar-refractivity contribution < 1.29 is 92.2 Å². The van der Waals surface area contributed by atoms with Crippen LogP contribution in [0.15, 0.2) is 48.5 Å². The molecule has 0 fully saturated rings. The minimum atomic E-state index is -9.23. The van der Waals surface area contributed by atoms with E-state index in [0.29, 0.717) is 0 Å². The Kier molecular flexibility index (Phi) is 11.5. The Balaban J connectivity index is 0.000000342. The molecule has 0 atom stereocenters. The zero-order valence-corrected chi connectivity index (χ0v) is 28.3. The van der Waals surface area contributed by atoms with Crippen LogP contribution in [0.2, 0.25) is 0 Å². The van der Waals surface area contributed by atoms with Gasteiger partial charge in [0, 0.05) is 0 Å². The van der Waals surface area contributed by atoms with Crippen molar-refractivity contribution in [2.45, 2.75) is 84.8 Å². The number of rotatable bonds is 9. The number of alkyl halides is 21. The molecule has 0 bridgehead atoms. The van der Waals surface area contributed by atoms with Gasteiger partial charge in [0.15, 0.2) is 0 Å². The van der Waals surface area contributed by atoms with Gasteiger partial charge in [-0.1, -0.05) is 48.5 Å². The molecule has 0 saturated heterocycles. The first kappa shape index (κ1) is 45.2. The Morgan fingerprint density at radius 2 is 0.792 bits per heavy atom. The normalized spacial score (nSPS) is 16.4. The van der Waals surface area contributed by atoms with Crippen molar-refractivity contribution in [3.05, 3.63) is 59.7 Å². The molecule has 0 aliphatic heterocycles. The highest BCUT2D eigenvalue weighted by atomic mass is 35.8. The standard InChI is InChI=1S/C18H16.C10Cl3F21Si/c1-3-7-15-13(5-1)9-11-18-16-8-4-2-6-14(16)10-12-17(15)18;11-35(12,13)10(33,34)8(28,29)6(24,25)4(20,21)2(16,17)1(14,15)3(18,19)5(22,23)7(26,27)9(30,31)32/h1,3,5,7,9-12H,2,4,6,8H2;. The lowest BCUT2D eigenvalue weighted by molar-refractivity contribution is -0.472. The minimum absolute atomic E-state index is 1.25. The lowest BCUT2D eigenvalue weighted by Crippen LogP contribution is -2.77. The number of fused-ring (bicyclic) bond motifs is 5. The van der Waals surface area contributed by atoms with Crippen LogP contribution in [0.1, 0.15) is 24.0 Å². The minimum Gasteiger partial charge on any atom is -0.200 e. The number of hydrogen-bond donors (Lipinski definition) is 0. The molecule has 0 unspecified atom stereocenters. The van der Waals surface area contributed by atoms with Gasteiger partial charge in [-0.25, -0.2) is 0 Å². The highest BCUT2D eigenvalue weighted by Crippen LogP contribution is 2.67. The van der Waals surface area contributed by atoms with Gasteiger partial charge in [-0.2, -0.15) is 92.2 Å². The molecule has 3 aromatic carbocycles. The average molecular weight is 886 g/mol. The second-order valence-corrected chi connectivity index (χ2v) is 19.9. The Morgan fingerprint density at radius 1 is 0.396 bits per heavy atom. The third kappa shape index (κ3) is 6.55. The van der Waals surface area contributed by atoms with Crippen molar-refractivity contribution in [3.8, 4) is 0 Å². The molecule has 1 aliphatic carbocycles. The smallest absolute Gasteiger partial charge is 0.200 e. The fourth-order valence-electron chi connectivity index (χ4n) is 5.08. The topological polar surface area (TPSA) is 0 Å². The molecular weight excluding hydrogens is 870 g/mol. The molecule has 0 amide bonds. The zero-order chi connectivity index (χ0) is 41.4. The number of hydrogen-bond acceptors (Lipinski definition) is 0. The Labute approximate surface area is 297 Å². The zero-order valence-electron chi connectivity index (χ0n) is 25.0. The number of halogens is 24. The largest absolute Gasteiger partial charge is 0.460 e. The molecular formula is C28H16Cl3F21Si. The highest BCUT2D eigenvalue weighted by molar-refractivity contribution is 7.65. The summed E-state index contributed by atoms with van der Waals surface area (Å²) in [7, 11) is 0. The molecule has 0 aromatic heterocycles. The summed E-state index contributed by atoms with van der Waals surface area (Å²) in [5, 5.41) is 5.64. The maximum atomic E-state index is 13.4. The Morgan fingerprint density at radius 3 is 1.25 bits per heavy atom. The fraction of sp³-hybridized carbons (Fsp3) is 0.500. The van der Waals surface area contributed by atoms with Gasteiger partial charge in [-0.05, 0) is 58.4 Å². The monoisotopic (exact) mass is 884 g/mol. The van der Waals surface area contributed by atoms with Crippen LogP contribution < -0.4 is 0 Å². The van der Waals surface area contributed by atoms with Crippen molar-refractivity contribution in [1.82, 2.24) is 0 Å². The number of benzene rings is 3. The van der Waals surface area contributed by atoms with Gasteiger partial charge in [0.05, 0.1) is 0 Å². The van der Waals surface area contributed by atoms with Crippen molar-refractivity contribution >= 4 is 60.8 Å². The summed E-state index contributed by atoms with van der Waals surface area (Å²) in [5.41, 5.74) is -3.98. The first-order valence-corrected chi connectivity index (χ1v) is 18.9. The third-order valence-corrected chi connectivity index (χ3v) is 11.3. The molecule has 53 heavy (non-hydrogen) atoms. The summed E-state index contributed by atoms with van der Waals surface area (Å²) >= 11 is 12.6. The summed E-state index contributed by atoms with van der Waals surface area (Å²) in [4.78, 5) is 0. The number of aryl methyl sites for hydroxylation is 2. The third-order valence-electron chi connectivity index (χ3n) is 8.12. The maximum absolute atomic E-state index is 13.4. The molecule has 300 valence electrons. The summed E-state index contributed by atoms with van der Waals surface area (Å²) in [6, 6.07) is 11.1. The molecule has 0 nitrogen and oxygen atoms in total. The van der Waals surface area contributed by atoms with Gasteiger partial charge in [-0.15, -0.1) is 33.2 Å². The van der Waals surface area contributed by atoms with E-state index >= 15 is 0 Å². The molecule has 25 heteroatoms. The molecule has 4 rings (SSSR count). The van der Waals surface area contributed by atoms with Gasteiger partial charge < -0.3 is 0 Å². The fourth-order valence-corrected chi connectivity index (χ4v) is 6.66. The van der Waals surface area contributed by atoms with Gasteiger partial charge in [0.2, 0.25) is 0 Å². The Hall–Kier alpha value is -2.20. The molecule has 0 heterocycles. The van der Waals surface area contributed by atoms with E-state index in [2.05, 4.69) is 81.8 Å². The van der Waals surface area contributed by atoms with Gasteiger partial charge in [-0.3, -0.25) is 0 Å². The molecule has 3 aromatic rings. The lowest BCUT2D eigenvalue weighted by atomic mass is 9.86. The molecule has 0 radical (unpaired) electrons. The second kappa shape index (κ2) is 13.5. The van der Waals surface area contributed by atoms with Crippen LogP contribution >= 0.6 is 33.2 Å². The van der Waals surface area contributed by atoms with E-state index < -0.39 is 65.1 Å². The predicted octanol–water partition coefficient (Wildman–Crippen LogP) is 13.3. The van der Waals surface area contributed by atoms with Crippen LogP contribution in [-0.4, -0.2) is 65.1 Å². The average Bonchev–Trinajstić information content (AvgIpc) is 3.02. The van der Waals surface area contributed by atoms with Crippen molar-refractivity contribution in [3.63, 3.8) is 0 Å². The Bertz CT molecular complexity index is 1750. The summed E-state index contributed by atoms with van der Waals surface area (Å²) in [5.74, 6) is -71.0. The van der Waals surface area contributed by atoms with Gasteiger partial charge in [0.1, 0.15) is 0 Å². The van der Waals surface area contributed by atoms with E-state index in [0.717, 1.165) is 0 Å². The molecule has 0 spiro atoms. The van der Waals surface area contributed by atoms with Gasteiger partial charge in [0.25, 0.3) is 0 Å². The van der Waals surface area contributed by atoms with Crippen LogP contribution in [0.3, 0.4) is 0 Å². The summed E-state index contributed by atoms with van der Waals surface area (Å²) in [6.45, 7) is 0. The van der Waals surface area contributed by atoms with E-state index in [9.17, 15) is 92.2 Å². The molecule has 0 saturated carbocycles. The van der Waals surface area contributed by atoms with E-state index in [1.807, 2.05) is 0 Å². The van der Waals surface area contributed by atoms with E-state index in [1.165, 1.54) is 47.2 Å². The lowest BCUT2D eigenvalue weighted by Gasteiger charge is -2.45. The predicted molar refractivity (Wildman–Crippen MR) is 152 cm³/mol. The van der Waals surface area contributed by atoms with Crippen LogP contribution in [-0.2, 0) is 12.8 Å². The molecule has 1 aliphatic rings. The first-order chi connectivity index (χ1) is 23.4. The van der Waals surface area contributed by atoms with Crippen LogP contribution in [0, 0.1) is 0 Å². The first-order valence-electron chi connectivity index (χ1n) is 13.9. The maximum Gasteiger partial charge on any atom is 0.460 e. The van der Waals surface area contributed by atoms with Gasteiger partial charge >= 0.3 is 65.1 Å². The summed E-state index contributed by atoms with van der Waals surface area (Å²) in [6.07, 6.45) is -2.81. The summed E-state index contributed by atoms with van der Waals surface area (Å²) < 4.78 is 274. The van der Waals surface area contributed by atoms with Crippen molar-refractivity contribution in [1.29, 1.82) is 0 Å². The van der Waals surface area contributed by atoms with E-state index in [4.69, 9.17) is 0 Å². The van der Waals surface area contributed by atoms with Crippen molar-refractivity contribution in [2.75, 3.05) is 0 Å². The second-order valence-electron chi connectivity index (χ2n) is 11.5. The van der Waals surface area contributed by atoms with Crippen LogP contribution in [0.5, 0.6) is 0 Å². The molecule has 0 N–H and O–H groups in total. The van der Waals surface area contributed by atoms with Crippen LogP contribution in [0.4, 0.5) is 92.2 Å². The van der Waals surface area contributed by atoms with Crippen molar-refractivity contribution in [2.24, 2.45) is 0 Å². The van der Waals surface area contributed by atoms with Crippen LogP contribution in [0.25, 0.3) is 21.5 Å².